The summed E-state index contributed by atoms with van der Waals surface area (Å²) in [5.74, 6) is 0.192. The average molecular weight is 441 g/mol. The van der Waals surface area contributed by atoms with Crippen LogP contribution in [0, 0.1) is 0 Å². The van der Waals surface area contributed by atoms with E-state index < -0.39 is 22.4 Å². The topological polar surface area (TPSA) is 90.9 Å². The van der Waals surface area contributed by atoms with Crippen molar-refractivity contribution in [3.63, 3.8) is 0 Å². The first-order chi connectivity index (χ1) is 14.3. The molecule has 10 heteroatoms. The van der Waals surface area contributed by atoms with Gasteiger partial charge in [0, 0.05) is 19.0 Å². The molecule has 0 saturated heterocycles. The van der Waals surface area contributed by atoms with Gasteiger partial charge in [0.25, 0.3) is 0 Å². The second-order valence-electron chi connectivity index (χ2n) is 6.50. The van der Waals surface area contributed by atoms with Crippen LogP contribution in [0.15, 0.2) is 47.4 Å². The number of carbonyl (C=O) groups excluding carboxylic acids is 1. The predicted molar refractivity (Wildman–Crippen MR) is 104 cm³/mol. The van der Waals surface area contributed by atoms with Crippen LogP contribution in [0.4, 0.5) is 8.78 Å². The van der Waals surface area contributed by atoms with Gasteiger partial charge in [0.1, 0.15) is 19.0 Å². The maximum absolute atomic E-state index is 12.5. The lowest BCUT2D eigenvalue weighted by Crippen LogP contribution is -2.27. The van der Waals surface area contributed by atoms with Crippen molar-refractivity contribution in [2.45, 2.75) is 24.3 Å². The van der Waals surface area contributed by atoms with Gasteiger partial charge in [-0.1, -0.05) is 12.1 Å². The number of ether oxygens (including phenoxy) is 3. The van der Waals surface area contributed by atoms with E-state index in [0.29, 0.717) is 31.1 Å². The number of alkyl halides is 2. The minimum absolute atomic E-state index is 0.0575. The van der Waals surface area contributed by atoms with E-state index in [2.05, 4.69) is 10.1 Å². The number of fused-ring (bicyclic) bond motifs is 1. The second-order valence-corrected chi connectivity index (χ2v) is 8.61. The fraction of sp³-hybridized carbons (Fsp3) is 0.350. The lowest BCUT2D eigenvalue weighted by Gasteiger charge is -2.18. The summed E-state index contributed by atoms with van der Waals surface area (Å²) in [6.45, 7) is -1.83. The smallest absolute Gasteiger partial charge is 0.387 e. The summed E-state index contributed by atoms with van der Waals surface area (Å²) in [7, 11) is -3.65. The van der Waals surface area contributed by atoms with Crippen molar-refractivity contribution >= 4 is 15.7 Å². The zero-order chi connectivity index (χ0) is 21.6. The molecule has 0 saturated carbocycles. The molecule has 0 aliphatic carbocycles. The average Bonchev–Trinajstić information content (AvgIpc) is 2.73. The molecular weight excluding hydrogens is 420 g/mol. The van der Waals surface area contributed by atoms with Gasteiger partial charge in [0.2, 0.25) is 5.91 Å². The minimum Gasteiger partial charge on any atom is -0.486 e. The molecule has 30 heavy (non-hydrogen) atoms. The molecule has 0 radical (unpaired) electrons. The predicted octanol–water partition coefficient (Wildman–Crippen LogP) is 2.58. The van der Waals surface area contributed by atoms with Crippen LogP contribution in [0.1, 0.15) is 12.0 Å². The number of halogens is 2. The molecule has 7 nitrogen and oxygen atoms in total. The van der Waals surface area contributed by atoms with Gasteiger partial charge in [-0.25, -0.2) is 8.42 Å². The summed E-state index contributed by atoms with van der Waals surface area (Å²) in [5, 5.41) is 2.65. The van der Waals surface area contributed by atoms with Crippen molar-refractivity contribution in [1.29, 1.82) is 0 Å². The van der Waals surface area contributed by atoms with Crippen LogP contribution in [-0.4, -0.2) is 46.4 Å². The molecule has 0 spiro atoms. The molecule has 2 aromatic rings. The quantitative estimate of drug-likeness (QED) is 0.643. The number of benzene rings is 2. The largest absolute Gasteiger partial charge is 0.486 e. The summed E-state index contributed by atoms with van der Waals surface area (Å²) >= 11 is 0. The zero-order valence-electron chi connectivity index (χ0n) is 16.0. The third-order valence-electron chi connectivity index (χ3n) is 4.35. The Labute approximate surface area is 172 Å². The Morgan fingerprint density at radius 2 is 1.77 bits per heavy atom. The summed E-state index contributed by atoms with van der Waals surface area (Å²) < 4.78 is 64.3. The highest BCUT2D eigenvalue weighted by Crippen LogP contribution is 2.32. The third-order valence-corrected chi connectivity index (χ3v) is 6.07. The van der Waals surface area contributed by atoms with E-state index in [1.807, 2.05) is 0 Å². The van der Waals surface area contributed by atoms with E-state index in [9.17, 15) is 22.0 Å². The number of sulfone groups is 1. The van der Waals surface area contributed by atoms with Gasteiger partial charge < -0.3 is 19.5 Å². The Bertz CT molecular complexity index is 979. The van der Waals surface area contributed by atoms with E-state index in [1.54, 1.807) is 18.2 Å². The van der Waals surface area contributed by atoms with Crippen molar-refractivity contribution in [3.8, 4) is 17.2 Å². The first kappa shape index (κ1) is 21.8. The molecule has 0 aromatic heterocycles. The highest BCUT2D eigenvalue weighted by molar-refractivity contribution is 7.91. The monoisotopic (exact) mass is 441 g/mol. The van der Waals surface area contributed by atoms with Crippen molar-refractivity contribution in [2.24, 2.45) is 0 Å². The number of nitrogens with one attached hydrogen (secondary N) is 1. The molecular formula is C20H21F2NO6S. The van der Waals surface area contributed by atoms with E-state index in [4.69, 9.17) is 9.47 Å². The lowest BCUT2D eigenvalue weighted by atomic mass is 10.1. The highest BCUT2D eigenvalue weighted by Gasteiger charge is 2.20. The zero-order valence-corrected chi connectivity index (χ0v) is 16.8. The van der Waals surface area contributed by atoms with Gasteiger partial charge >= 0.3 is 6.61 Å². The second kappa shape index (κ2) is 9.75. The molecule has 0 atom stereocenters. The van der Waals surface area contributed by atoms with Gasteiger partial charge in [0.05, 0.1) is 10.6 Å². The van der Waals surface area contributed by atoms with Gasteiger partial charge in [-0.3, -0.25) is 4.79 Å². The van der Waals surface area contributed by atoms with E-state index in [-0.39, 0.29) is 29.4 Å². The van der Waals surface area contributed by atoms with Crippen LogP contribution < -0.4 is 19.5 Å². The first-order valence-corrected chi connectivity index (χ1v) is 10.9. The van der Waals surface area contributed by atoms with Crippen LogP contribution in [0.3, 0.4) is 0 Å². The normalized spacial score (nSPS) is 13.2. The van der Waals surface area contributed by atoms with Crippen LogP contribution in [0.2, 0.25) is 0 Å². The minimum atomic E-state index is -3.65. The standard InChI is InChI=1S/C20H21F2NO6S/c21-20(22)29-15-3-1-14(2-4-15)7-9-23-19(24)8-12-30(25,26)16-5-6-17-18(13-16)28-11-10-27-17/h1-6,13,20H,7-12H2,(H,23,24). The molecule has 1 aliphatic rings. The number of carbonyl (C=O) groups is 1. The number of hydrogen-bond donors (Lipinski definition) is 1. The molecule has 0 unspecified atom stereocenters. The summed E-state index contributed by atoms with van der Waals surface area (Å²) in [4.78, 5) is 12.1. The SMILES string of the molecule is O=C(CCS(=O)(=O)c1ccc2c(c1)OCCO2)NCCc1ccc(OC(F)F)cc1. The van der Waals surface area contributed by atoms with Crippen LogP contribution in [0.25, 0.3) is 0 Å². The first-order valence-electron chi connectivity index (χ1n) is 9.26. The Morgan fingerprint density at radius 1 is 1.07 bits per heavy atom. The van der Waals surface area contributed by atoms with Gasteiger partial charge in [-0.05, 0) is 36.2 Å². The Kier molecular flexibility index (Phi) is 7.09. The highest BCUT2D eigenvalue weighted by atomic mass is 32.2. The summed E-state index contributed by atoms with van der Waals surface area (Å²) in [6.07, 6.45) is 0.285. The fourth-order valence-electron chi connectivity index (χ4n) is 2.83. The molecule has 2 aromatic carbocycles. The molecule has 1 heterocycles. The summed E-state index contributed by atoms with van der Waals surface area (Å²) in [5.41, 5.74) is 0.820. The van der Waals surface area contributed by atoms with Crippen LogP contribution in [0.5, 0.6) is 17.2 Å². The molecule has 0 bridgehead atoms. The third kappa shape index (κ3) is 6.06. The maximum Gasteiger partial charge on any atom is 0.387 e. The Morgan fingerprint density at radius 3 is 2.47 bits per heavy atom. The molecule has 0 fully saturated rings. The van der Waals surface area contributed by atoms with E-state index in [0.717, 1.165) is 5.56 Å². The molecule has 1 aliphatic heterocycles. The maximum atomic E-state index is 12.5. The fourth-order valence-corrected chi connectivity index (χ4v) is 4.09. The van der Waals surface area contributed by atoms with Gasteiger partial charge in [-0.15, -0.1) is 0 Å². The van der Waals surface area contributed by atoms with E-state index in [1.165, 1.54) is 24.3 Å². The Hall–Kier alpha value is -2.88. The van der Waals surface area contributed by atoms with Crippen molar-refractivity contribution in [2.75, 3.05) is 25.5 Å². The van der Waals surface area contributed by atoms with Crippen molar-refractivity contribution < 1.29 is 36.2 Å². The van der Waals surface area contributed by atoms with Crippen LogP contribution in [-0.2, 0) is 21.1 Å². The van der Waals surface area contributed by atoms with Crippen LogP contribution >= 0.6 is 0 Å². The van der Waals surface area contributed by atoms with Crippen molar-refractivity contribution in [3.05, 3.63) is 48.0 Å². The number of amides is 1. The summed E-state index contributed by atoms with van der Waals surface area (Å²) in [6, 6.07) is 10.5. The number of rotatable bonds is 9. The van der Waals surface area contributed by atoms with E-state index >= 15 is 0 Å². The molecule has 1 N–H and O–H groups in total. The molecule has 162 valence electrons. The van der Waals surface area contributed by atoms with Gasteiger partial charge in [0.15, 0.2) is 21.3 Å². The van der Waals surface area contributed by atoms with Crippen molar-refractivity contribution in [1.82, 2.24) is 5.32 Å². The molecule has 3 rings (SSSR count). The Balaban J connectivity index is 1.45. The van der Waals surface area contributed by atoms with Gasteiger partial charge in [-0.2, -0.15) is 8.78 Å². The molecule has 1 amide bonds. The lowest BCUT2D eigenvalue weighted by molar-refractivity contribution is -0.120. The number of hydrogen-bond acceptors (Lipinski definition) is 6.